The van der Waals surface area contributed by atoms with Crippen molar-refractivity contribution in [1.29, 1.82) is 0 Å². The highest BCUT2D eigenvalue weighted by Crippen LogP contribution is 2.23. The monoisotopic (exact) mass is 232 g/mol. The zero-order valence-electron chi connectivity index (χ0n) is 10.6. The standard InChI is InChI=1S/C14H20N2O/c1-12-4-5-13(14(10-12)17-3)11-16-8-6-15(2)7-9-16/h4-5,10-11H,1,6-9H2,2-3H3. The van der Waals surface area contributed by atoms with Crippen molar-refractivity contribution in [2.45, 2.75) is 0 Å². The van der Waals surface area contributed by atoms with Crippen molar-refractivity contribution in [2.75, 3.05) is 40.3 Å². The molecular formula is C14H20N2O. The van der Waals surface area contributed by atoms with Crippen molar-refractivity contribution in [2.24, 2.45) is 0 Å². The molecule has 0 aliphatic carbocycles. The van der Waals surface area contributed by atoms with Crippen LogP contribution in [-0.4, -0.2) is 50.1 Å². The maximum absolute atomic E-state index is 5.38. The molecule has 17 heavy (non-hydrogen) atoms. The molecule has 0 amide bonds. The van der Waals surface area contributed by atoms with E-state index in [1.807, 2.05) is 12.1 Å². The lowest BCUT2D eigenvalue weighted by atomic mass is 10.1. The number of hydrogen-bond donors (Lipinski definition) is 0. The van der Waals surface area contributed by atoms with Gasteiger partial charge in [0.2, 0.25) is 0 Å². The van der Waals surface area contributed by atoms with Crippen molar-refractivity contribution in [3.8, 4) is 5.75 Å². The molecule has 0 bridgehead atoms. The van der Waals surface area contributed by atoms with Crippen molar-refractivity contribution in [3.63, 3.8) is 0 Å². The minimum Gasteiger partial charge on any atom is -0.496 e. The molecule has 0 atom stereocenters. The van der Waals surface area contributed by atoms with Gasteiger partial charge in [-0.2, -0.15) is 0 Å². The molecule has 0 unspecified atom stereocenters. The Morgan fingerprint density at radius 2 is 1.94 bits per heavy atom. The number of likely N-dealkylation sites (N-methyl/N-ethyl adjacent to an activating group) is 1. The second kappa shape index (κ2) is 5.52. The van der Waals surface area contributed by atoms with Gasteiger partial charge < -0.3 is 9.64 Å². The lowest BCUT2D eigenvalue weighted by Gasteiger charge is -2.32. The fourth-order valence-corrected chi connectivity index (χ4v) is 2.01. The summed E-state index contributed by atoms with van der Waals surface area (Å²) in [7, 11) is 3.87. The Kier molecular flexibility index (Phi) is 4.02. The van der Waals surface area contributed by atoms with Gasteiger partial charge in [-0.15, -0.1) is 0 Å². The number of hydrogen-bond acceptors (Lipinski definition) is 3. The van der Waals surface area contributed by atoms with E-state index in [0.29, 0.717) is 0 Å². The van der Waals surface area contributed by atoms with E-state index < -0.39 is 0 Å². The van der Waals surface area contributed by atoms with Gasteiger partial charge in [-0.3, -0.25) is 4.90 Å². The normalized spacial score (nSPS) is 18.3. The van der Waals surface area contributed by atoms with Crippen molar-refractivity contribution in [1.82, 2.24) is 9.80 Å². The fourth-order valence-electron chi connectivity index (χ4n) is 2.01. The van der Waals surface area contributed by atoms with Crippen LogP contribution in [0.15, 0.2) is 18.2 Å². The van der Waals surface area contributed by atoms with Crippen LogP contribution in [0.4, 0.5) is 0 Å². The first-order valence-corrected chi connectivity index (χ1v) is 5.96. The zero-order valence-corrected chi connectivity index (χ0v) is 10.6. The van der Waals surface area contributed by atoms with E-state index in [9.17, 15) is 0 Å². The number of piperazine rings is 1. The van der Waals surface area contributed by atoms with Crippen LogP contribution in [0, 0.1) is 13.5 Å². The molecule has 3 heteroatoms. The highest BCUT2D eigenvalue weighted by atomic mass is 16.5. The maximum atomic E-state index is 5.38. The van der Waals surface area contributed by atoms with E-state index in [-0.39, 0.29) is 0 Å². The van der Waals surface area contributed by atoms with Crippen LogP contribution in [0.1, 0.15) is 11.1 Å². The van der Waals surface area contributed by atoms with Gasteiger partial charge in [0, 0.05) is 31.7 Å². The highest BCUT2D eigenvalue weighted by Gasteiger charge is 2.15. The van der Waals surface area contributed by atoms with Crippen LogP contribution in [0.5, 0.6) is 5.75 Å². The molecule has 3 nitrogen and oxygen atoms in total. The van der Waals surface area contributed by atoms with E-state index in [0.717, 1.165) is 43.1 Å². The van der Waals surface area contributed by atoms with Gasteiger partial charge >= 0.3 is 0 Å². The summed E-state index contributed by atoms with van der Waals surface area (Å²) in [6, 6.07) is 6.06. The number of rotatable bonds is 3. The average molecular weight is 232 g/mol. The van der Waals surface area contributed by atoms with E-state index in [2.05, 4.69) is 36.4 Å². The Morgan fingerprint density at radius 3 is 2.59 bits per heavy atom. The third kappa shape index (κ3) is 3.20. The molecule has 0 aromatic heterocycles. The van der Waals surface area contributed by atoms with Gasteiger partial charge in [0.05, 0.1) is 13.7 Å². The Morgan fingerprint density at radius 1 is 1.24 bits per heavy atom. The van der Waals surface area contributed by atoms with Gasteiger partial charge in [0.15, 0.2) is 0 Å². The molecule has 1 fully saturated rings. The van der Waals surface area contributed by atoms with E-state index in [1.54, 1.807) is 7.11 Å². The number of nitrogens with zero attached hydrogens (tertiary/aromatic N) is 2. The summed E-state index contributed by atoms with van der Waals surface area (Å²) in [6.45, 7) is 10.5. The molecule has 1 aliphatic rings. The van der Waals surface area contributed by atoms with Crippen molar-refractivity contribution >= 4 is 0 Å². The quantitative estimate of drug-likeness (QED) is 0.788. The second-order valence-corrected chi connectivity index (χ2v) is 4.54. The zero-order chi connectivity index (χ0) is 12.3. The molecule has 1 aromatic rings. The second-order valence-electron chi connectivity index (χ2n) is 4.54. The highest BCUT2D eigenvalue weighted by molar-refractivity contribution is 5.42. The lowest BCUT2D eigenvalue weighted by molar-refractivity contribution is 0.185. The number of benzene rings is 1. The molecule has 0 saturated carbocycles. The molecule has 0 spiro atoms. The fraction of sp³-hybridized carbons (Fsp3) is 0.429. The molecule has 2 rings (SSSR count). The summed E-state index contributed by atoms with van der Waals surface area (Å²) < 4.78 is 5.38. The molecule has 1 saturated heterocycles. The van der Waals surface area contributed by atoms with Gasteiger partial charge in [-0.25, -0.2) is 0 Å². The molecule has 2 radical (unpaired) electrons. The van der Waals surface area contributed by atoms with Crippen LogP contribution in [-0.2, 0) is 0 Å². The van der Waals surface area contributed by atoms with Gasteiger partial charge in [0.25, 0.3) is 0 Å². The predicted molar refractivity (Wildman–Crippen MR) is 69.9 cm³/mol. The van der Waals surface area contributed by atoms with Gasteiger partial charge in [-0.05, 0) is 25.6 Å². The summed E-state index contributed by atoms with van der Waals surface area (Å²) >= 11 is 0. The van der Waals surface area contributed by atoms with Crippen molar-refractivity contribution in [3.05, 3.63) is 42.8 Å². The van der Waals surface area contributed by atoms with E-state index >= 15 is 0 Å². The molecule has 0 N–H and O–H groups in total. The minimum absolute atomic E-state index is 0.899. The average Bonchev–Trinajstić information content (AvgIpc) is 2.34. The molecule has 92 valence electrons. The third-order valence-corrected chi connectivity index (χ3v) is 3.16. The summed E-state index contributed by atoms with van der Waals surface area (Å²) in [5, 5.41) is 0. The molecule has 1 aromatic carbocycles. The Balaban J connectivity index is 2.03. The predicted octanol–water partition coefficient (Wildman–Crippen LogP) is 1.63. The van der Waals surface area contributed by atoms with Crippen LogP contribution in [0.25, 0.3) is 0 Å². The third-order valence-electron chi connectivity index (χ3n) is 3.16. The van der Waals surface area contributed by atoms with Crippen molar-refractivity contribution < 1.29 is 4.74 Å². The summed E-state index contributed by atoms with van der Waals surface area (Å²) in [4.78, 5) is 4.70. The topological polar surface area (TPSA) is 15.7 Å². The van der Waals surface area contributed by atoms with Crippen LogP contribution >= 0.6 is 0 Å². The first kappa shape index (κ1) is 12.4. The Labute approximate surface area is 104 Å². The van der Waals surface area contributed by atoms with E-state index in [1.165, 1.54) is 0 Å². The number of methoxy groups -OCH3 is 1. The Bertz CT molecular complexity index is 370. The first-order valence-electron chi connectivity index (χ1n) is 5.96. The molecule has 1 heterocycles. The summed E-state index contributed by atoms with van der Waals surface area (Å²) in [5.41, 5.74) is 2.11. The van der Waals surface area contributed by atoms with Gasteiger partial charge in [-0.1, -0.05) is 12.1 Å². The number of ether oxygens (including phenoxy) is 1. The Hall–Kier alpha value is -1.06. The SMILES string of the molecule is [CH2]c1ccc([CH]N2CCN(C)CC2)c(OC)c1. The summed E-state index contributed by atoms with van der Waals surface area (Å²) in [6.07, 6.45) is 0. The molecular weight excluding hydrogens is 212 g/mol. The van der Waals surface area contributed by atoms with E-state index in [4.69, 9.17) is 4.74 Å². The first-order chi connectivity index (χ1) is 8.19. The van der Waals surface area contributed by atoms with Crippen LogP contribution in [0.3, 0.4) is 0 Å². The van der Waals surface area contributed by atoms with Gasteiger partial charge in [0.1, 0.15) is 5.75 Å². The maximum Gasteiger partial charge on any atom is 0.123 e. The molecule has 1 aliphatic heterocycles. The smallest absolute Gasteiger partial charge is 0.123 e. The largest absolute Gasteiger partial charge is 0.496 e. The van der Waals surface area contributed by atoms with Crippen LogP contribution < -0.4 is 4.74 Å². The summed E-state index contributed by atoms with van der Waals surface area (Å²) in [5.74, 6) is 0.899. The lowest BCUT2D eigenvalue weighted by Crippen LogP contribution is -2.43. The minimum atomic E-state index is 0.899. The van der Waals surface area contributed by atoms with Crippen LogP contribution in [0.2, 0.25) is 0 Å².